The summed E-state index contributed by atoms with van der Waals surface area (Å²) in [6, 6.07) is 0.591. The van der Waals surface area contributed by atoms with E-state index in [1.54, 1.807) is 0 Å². The van der Waals surface area contributed by atoms with Gasteiger partial charge in [-0.2, -0.15) is 0 Å². The monoisotopic (exact) mass is 225 g/mol. The third kappa shape index (κ3) is 5.66. The van der Waals surface area contributed by atoms with Gasteiger partial charge >= 0.3 is 0 Å². The van der Waals surface area contributed by atoms with Crippen molar-refractivity contribution in [2.75, 3.05) is 13.2 Å². The molecule has 1 aliphatic rings. The van der Waals surface area contributed by atoms with Gasteiger partial charge in [0.1, 0.15) is 0 Å². The molecule has 94 valence electrons. The Kier molecular flexibility index (Phi) is 6.74. The van der Waals surface area contributed by atoms with Crippen molar-refractivity contribution in [3.05, 3.63) is 12.2 Å². The lowest BCUT2D eigenvalue weighted by atomic mass is 9.98. The number of rotatable bonds is 7. The molecule has 1 N–H and O–H groups in total. The lowest BCUT2D eigenvalue weighted by Crippen LogP contribution is -2.31. The Morgan fingerprint density at radius 1 is 1.50 bits per heavy atom. The molecule has 2 nitrogen and oxygen atoms in total. The maximum absolute atomic E-state index is 5.76. The molecule has 0 aromatic carbocycles. The Hall–Kier alpha value is -0.340. The minimum atomic E-state index is 0.514. The quantitative estimate of drug-likeness (QED) is 0.671. The standard InChI is InChI=1S/C14H27NO/c1-4-15-13(11-12(2)3)8-9-14-7-5-6-10-16-14/h13-15H,2,4-11H2,1,3H3. The fourth-order valence-electron chi connectivity index (χ4n) is 2.41. The van der Waals surface area contributed by atoms with Gasteiger partial charge in [-0.3, -0.25) is 0 Å². The lowest BCUT2D eigenvalue weighted by Gasteiger charge is -2.25. The lowest BCUT2D eigenvalue weighted by molar-refractivity contribution is 0.00861. The molecule has 0 bridgehead atoms. The van der Waals surface area contributed by atoms with Crippen LogP contribution in [0.15, 0.2) is 12.2 Å². The van der Waals surface area contributed by atoms with E-state index in [0.29, 0.717) is 12.1 Å². The number of hydrogen-bond acceptors (Lipinski definition) is 2. The van der Waals surface area contributed by atoms with Crippen molar-refractivity contribution in [1.82, 2.24) is 5.32 Å². The van der Waals surface area contributed by atoms with Crippen LogP contribution in [-0.4, -0.2) is 25.3 Å². The summed E-state index contributed by atoms with van der Waals surface area (Å²) >= 11 is 0. The molecule has 2 unspecified atom stereocenters. The van der Waals surface area contributed by atoms with Crippen molar-refractivity contribution in [2.24, 2.45) is 0 Å². The van der Waals surface area contributed by atoms with E-state index in [2.05, 4.69) is 25.7 Å². The van der Waals surface area contributed by atoms with Crippen LogP contribution in [-0.2, 0) is 4.74 Å². The summed E-state index contributed by atoms with van der Waals surface area (Å²) in [7, 11) is 0. The van der Waals surface area contributed by atoms with E-state index in [0.717, 1.165) is 19.6 Å². The average molecular weight is 225 g/mol. The van der Waals surface area contributed by atoms with Gasteiger partial charge in [-0.15, -0.1) is 6.58 Å². The molecule has 0 aromatic heterocycles. The highest BCUT2D eigenvalue weighted by molar-refractivity contribution is 4.93. The summed E-state index contributed by atoms with van der Waals surface area (Å²) in [6.45, 7) is 10.3. The van der Waals surface area contributed by atoms with E-state index < -0.39 is 0 Å². The summed E-state index contributed by atoms with van der Waals surface area (Å²) in [4.78, 5) is 0. The first kappa shape index (κ1) is 13.7. The third-order valence-electron chi connectivity index (χ3n) is 3.20. The summed E-state index contributed by atoms with van der Waals surface area (Å²) in [5.41, 5.74) is 1.27. The fourth-order valence-corrected chi connectivity index (χ4v) is 2.41. The first-order chi connectivity index (χ1) is 7.72. The molecule has 0 spiro atoms. The van der Waals surface area contributed by atoms with E-state index >= 15 is 0 Å². The van der Waals surface area contributed by atoms with Gasteiger partial charge in [0.25, 0.3) is 0 Å². The van der Waals surface area contributed by atoms with Crippen LogP contribution in [0.4, 0.5) is 0 Å². The Bertz CT molecular complexity index is 197. The van der Waals surface area contributed by atoms with Gasteiger partial charge in [-0.25, -0.2) is 0 Å². The molecule has 1 aliphatic heterocycles. The molecule has 0 aromatic rings. The Balaban J connectivity index is 2.21. The van der Waals surface area contributed by atoms with Gasteiger partial charge in [0.05, 0.1) is 6.10 Å². The van der Waals surface area contributed by atoms with Crippen LogP contribution < -0.4 is 5.32 Å². The Morgan fingerprint density at radius 3 is 2.88 bits per heavy atom. The summed E-state index contributed by atoms with van der Waals surface area (Å²) < 4.78 is 5.76. The topological polar surface area (TPSA) is 21.3 Å². The first-order valence-electron chi connectivity index (χ1n) is 6.71. The second-order valence-corrected chi connectivity index (χ2v) is 4.98. The first-order valence-corrected chi connectivity index (χ1v) is 6.71. The molecule has 0 radical (unpaired) electrons. The molecule has 0 aliphatic carbocycles. The van der Waals surface area contributed by atoms with E-state index in [-0.39, 0.29) is 0 Å². The van der Waals surface area contributed by atoms with Gasteiger partial charge < -0.3 is 10.1 Å². The zero-order valence-corrected chi connectivity index (χ0v) is 10.9. The van der Waals surface area contributed by atoms with Gasteiger partial charge in [0.15, 0.2) is 0 Å². The molecule has 16 heavy (non-hydrogen) atoms. The minimum absolute atomic E-state index is 0.514. The van der Waals surface area contributed by atoms with Crippen LogP contribution in [0, 0.1) is 0 Å². The van der Waals surface area contributed by atoms with Gasteiger partial charge in [0.2, 0.25) is 0 Å². The predicted octanol–water partition coefficient (Wildman–Crippen LogP) is 3.28. The van der Waals surface area contributed by atoms with Crippen molar-refractivity contribution >= 4 is 0 Å². The third-order valence-corrected chi connectivity index (χ3v) is 3.20. The maximum atomic E-state index is 5.76. The number of hydrogen-bond donors (Lipinski definition) is 1. The van der Waals surface area contributed by atoms with Gasteiger partial charge in [0, 0.05) is 12.6 Å². The Morgan fingerprint density at radius 2 is 2.31 bits per heavy atom. The fraction of sp³-hybridized carbons (Fsp3) is 0.857. The maximum Gasteiger partial charge on any atom is 0.0575 e. The largest absolute Gasteiger partial charge is 0.378 e. The molecule has 1 heterocycles. The summed E-state index contributed by atoms with van der Waals surface area (Å²) in [6.07, 6.45) is 7.87. The molecular formula is C14H27NO. The van der Waals surface area contributed by atoms with Crippen LogP contribution in [0.3, 0.4) is 0 Å². The molecule has 2 heteroatoms. The zero-order valence-electron chi connectivity index (χ0n) is 10.9. The minimum Gasteiger partial charge on any atom is -0.378 e. The van der Waals surface area contributed by atoms with E-state index in [4.69, 9.17) is 4.74 Å². The predicted molar refractivity (Wildman–Crippen MR) is 69.7 cm³/mol. The van der Waals surface area contributed by atoms with Crippen LogP contribution in [0.1, 0.15) is 52.4 Å². The molecule has 2 atom stereocenters. The summed E-state index contributed by atoms with van der Waals surface area (Å²) in [5.74, 6) is 0. The molecule has 0 amide bonds. The average Bonchev–Trinajstić information content (AvgIpc) is 2.27. The van der Waals surface area contributed by atoms with E-state index in [9.17, 15) is 0 Å². The molecule has 1 saturated heterocycles. The smallest absolute Gasteiger partial charge is 0.0575 e. The van der Waals surface area contributed by atoms with E-state index in [1.807, 2.05) is 0 Å². The van der Waals surface area contributed by atoms with Crippen molar-refractivity contribution in [3.8, 4) is 0 Å². The van der Waals surface area contributed by atoms with Crippen molar-refractivity contribution in [1.29, 1.82) is 0 Å². The molecule has 0 saturated carbocycles. The van der Waals surface area contributed by atoms with Crippen LogP contribution in [0.5, 0.6) is 0 Å². The van der Waals surface area contributed by atoms with Crippen molar-refractivity contribution in [2.45, 2.75) is 64.5 Å². The van der Waals surface area contributed by atoms with E-state index in [1.165, 1.54) is 37.7 Å². The second kappa shape index (κ2) is 7.86. The molecule has 1 rings (SSSR count). The highest BCUT2D eigenvalue weighted by Crippen LogP contribution is 2.19. The molecule has 1 fully saturated rings. The van der Waals surface area contributed by atoms with Crippen LogP contribution in [0.2, 0.25) is 0 Å². The van der Waals surface area contributed by atoms with Crippen molar-refractivity contribution in [3.63, 3.8) is 0 Å². The van der Waals surface area contributed by atoms with Crippen molar-refractivity contribution < 1.29 is 4.74 Å². The van der Waals surface area contributed by atoms with Crippen LogP contribution in [0.25, 0.3) is 0 Å². The zero-order chi connectivity index (χ0) is 11.8. The summed E-state index contributed by atoms with van der Waals surface area (Å²) in [5, 5.41) is 3.54. The van der Waals surface area contributed by atoms with Crippen LogP contribution >= 0.6 is 0 Å². The van der Waals surface area contributed by atoms with Gasteiger partial charge in [-0.1, -0.05) is 12.5 Å². The highest BCUT2D eigenvalue weighted by Gasteiger charge is 2.16. The highest BCUT2D eigenvalue weighted by atomic mass is 16.5. The Labute approximate surface area is 100 Å². The normalized spacial score (nSPS) is 23.0. The van der Waals surface area contributed by atoms with Gasteiger partial charge in [-0.05, 0) is 52.0 Å². The number of nitrogens with one attached hydrogen (secondary N) is 1. The number of ether oxygens (including phenoxy) is 1. The SMILES string of the molecule is C=C(C)CC(CCC1CCCCO1)NCC. The molecular weight excluding hydrogens is 198 g/mol. The second-order valence-electron chi connectivity index (χ2n) is 4.98.